The van der Waals surface area contributed by atoms with Gasteiger partial charge >= 0.3 is 0 Å². The lowest BCUT2D eigenvalue weighted by molar-refractivity contribution is 0.647. The van der Waals surface area contributed by atoms with Crippen molar-refractivity contribution in [2.24, 2.45) is 4.99 Å². The van der Waals surface area contributed by atoms with Crippen molar-refractivity contribution in [3.05, 3.63) is 71.4 Å². The summed E-state index contributed by atoms with van der Waals surface area (Å²) in [6.45, 7) is 3.14. The fraction of sp³-hybridized carbons (Fsp3) is 0.333. The summed E-state index contributed by atoms with van der Waals surface area (Å²) >= 11 is 6.29. The van der Waals surface area contributed by atoms with Crippen molar-refractivity contribution in [2.45, 2.75) is 25.6 Å². The van der Waals surface area contributed by atoms with E-state index in [9.17, 15) is 0 Å². The highest BCUT2D eigenvalue weighted by molar-refractivity contribution is 6.32. The number of guanidine groups is 1. The normalized spacial score (nSPS) is 16.7. The first-order valence-corrected chi connectivity index (χ1v) is 10.3. The summed E-state index contributed by atoms with van der Waals surface area (Å²) in [5, 5.41) is 11.8. The van der Waals surface area contributed by atoms with E-state index in [1.54, 1.807) is 25.9 Å². The molecule has 156 valence electrons. The third-order valence-electron chi connectivity index (χ3n) is 5.05. The molecule has 1 unspecified atom stereocenters. The molecule has 1 aliphatic rings. The summed E-state index contributed by atoms with van der Waals surface area (Å²) in [5.41, 5.74) is 2.37. The molecule has 0 bridgehead atoms. The van der Waals surface area contributed by atoms with Gasteiger partial charge in [-0.3, -0.25) is 4.99 Å². The van der Waals surface area contributed by atoms with Gasteiger partial charge in [0.15, 0.2) is 5.96 Å². The number of pyridine rings is 1. The van der Waals surface area contributed by atoms with Crippen LogP contribution >= 0.6 is 11.6 Å². The zero-order valence-electron chi connectivity index (χ0n) is 16.9. The summed E-state index contributed by atoms with van der Waals surface area (Å²) in [7, 11) is 1.79. The van der Waals surface area contributed by atoms with Gasteiger partial charge in [-0.15, -0.1) is 0 Å². The average Bonchev–Trinajstić information content (AvgIpc) is 3.44. The van der Waals surface area contributed by atoms with Crippen molar-refractivity contribution in [1.82, 2.24) is 30.4 Å². The summed E-state index contributed by atoms with van der Waals surface area (Å²) in [4.78, 5) is 15.0. The molecule has 3 heterocycles. The molecule has 0 amide bonds. The maximum atomic E-state index is 6.29. The van der Waals surface area contributed by atoms with Gasteiger partial charge in [0, 0.05) is 38.9 Å². The van der Waals surface area contributed by atoms with E-state index in [0.717, 1.165) is 31.3 Å². The minimum atomic E-state index is 0.285. The number of aromatic nitrogens is 4. The van der Waals surface area contributed by atoms with Crippen LogP contribution in [0.4, 0.5) is 5.82 Å². The van der Waals surface area contributed by atoms with Crippen molar-refractivity contribution in [3.63, 3.8) is 0 Å². The smallest absolute Gasteiger partial charge is 0.191 e. The van der Waals surface area contributed by atoms with Crippen molar-refractivity contribution >= 4 is 23.4 Å². The fourth-order valence-electron chi connectivity index (χ4n) is 3.59. The first kappa shape index (κ1) is 20.2. The molecule has 3 aromatic rings. The molecular formula is C21H25ClN8. The predicted molar refractivity (Wildman–Crippen MR) is 119 cm³/mol. The molecule has 0 saturated carbocycles. The summed E-state index contributed by atoms with van der Waals surface area (Å²) < 4.78 is 1.81. The van der Waals surface area contributed by atoms with E-state index < -0.39 is 0 Å². The van der Waals surface area contributed by atoms with Gasteiger partial charge in [-0.2, -0.15) is 5.10 Å². The number of hydrogen-bond acceptors (Lipinski definition) is 5. The standard InChI is InChI=1S/C21H25ClN8/c1-23-21(28-18-7-9-29(13-18)20-19(22)6-3-8-25-20)26-11-16-4-2-5-17(10-16)12-30-15-24-14-27-30/h2-6,8,10,14-15,18H,7,9,11-13H2,1H3,(H2,23,26,28). The molecule has 30 heavy (non-hydrogen) atoms. The van der Waals surface area contributed by atoms with Crippen LogP contribution in [0.3, 0.4) is 0 Å². The lowest BCUT2D eigenvalue weighted by atomic mass is 10.1. The Balaban J connectivity index is 1.30. The highest BCUT2D eigenvalue weighted by atomic mass is 35.5. The number of nitrogens with zero attached hydrogens (tertiary/aromatic N) is 6. The van der Waals surface area contributed by atoms with Crippen LogP contribution in [0.5, 0.6) is 0 Å². The number of nitrogens with one attached hydrogen (secondary N) is 2. The number of rotatable bonds is 6. The Hall–Kier alpha value is -3.13. The van der Waals surface area contributed by atoms with Crippen LogP contribution in [0.2, 0.25) is 5.02 Å². The van der Waals surface area contributed by atoms with E-state index >= 15 is 0 Å². The van der Waals surface area contributed by atoms with Crippen molar-refractivity contribution < 1.29 is 0 Å². The number of anilines is 1. The molecule has 8 nitrogen and oxygen atoms in total. The zero-order valence-corrected chi connectivity index (χ0v) is 17.6. The largest absolute Gasteiger partial charge is 0.353 e. The van der Waals surface area contributed by atoms with E-state index in [-0.39, 0.29) is 6.04 Å². The van der Waals surface area contributed by atoms with Crippen LogP contribution < -0.4 is 15.5 Å². The molecule has 0 radical (unpaired) electrons. The van der Waals surface area contributed by atoms with Gasteiger partial charge in [-0.05, 0) is 29.7 Å². The molecule has 9 heteroatoms. The van der Waals surface area contributed by atoms with Gasteiger partial charge < -0.3 is 15.5 Å². The number of aliphatic imine (C=N–C) groups is 1. The van der Waals surface area contributed by atoms with Crippen molar-refractivity contribution in [3.8, 4) is 0 Å². The highest BCUT2D eigenvalue weighted by Gasteiger charge is 2.25. The van der Waals surface area contributed by atoms with Crippen molar-refractivity contribution in [2.75, 3.05) is 25.0 Å². The van der Waals surface area contributed by atoms with Crippen LogP contribution in [-0.2, 0) is 13.1 Å². The van der Waals surface area contributed by atoms with Crippen LogP contribution in [0.25, 0.3) is 0 Å². The Morgan fingerprint density at radius 3 is 2.97 bits per heavy atom. The highest BCUT2D eigenvalue weighted by Crippen LogP contribution is 2.25. The number of halogens is 1. The Bertz CT molecular complexity index is 988. The van der Waals surface area contributed by atoms with Crippen LogP contribution in [0, 0.1) is 0 Å². The predicted octanol–water partition coefficient (Wildman–Crippen LogP) is 2.32. The quantitative estimate of drug-likeness (QED) is 0.466. The second-order valence-electron chi connectivity index (χ2n) is 7.22. The number of benzene rings is 1. The topological polar surface area (TPSA) is 83.3 Å². The van der Waals surface area contributed by atoms with Crippen LogP contribution in [0.15, 0.2) is 60.2 Å². The van der Waals surface area contributed by atoms with Gasteiger partial charge in [0.25, 0.3) is 0 Å². The third-order valence-corrected chi connectivity index (χ3v) is 5.35. The minimum Gasteiger partial charge on any atom is -0.353 e. The Kier molecular flexibility index (Phi) is 6.44. The molecule has 4 rings (SSSR count). The molecule has 1 aromatic carbocycles. The maximum Gasteiger partial charge on any atom is 0.191 e. The molecule has 1 aliphatic heterocycles. The molecular weight excluding hydrogens is 400 g/mol. The molecule has 0 spiro atoms. The van der Waals surface area contributed by atoms with E-state index in [0.29, 0.717) is 18.1 Å². The van der Waals surface area contributed by atoms with Gasteiger partial charge in [0.2, 0.25) is 0 Å². The minimum absolute atomic E-state index is 0.285. The van der Waals surface area contributed by atoms with Crippen molar-refractivity contribution in [1.29, 1.82) is 0 Å². The van der Waals surface area contributed by atoms with Gasteiger partial charge in [0.1, 0.15) is 18.5 Å². The second kappa shape index (κ2) is 9.58. The Labute approximate surface area is 181 Å². The first-order valence-electron chi connectivity index (χ1n) is 9.94. The molecule has 2 N–H and O–H groups in total. The van der Waals surface area contributed by atoms with Gasteiger partial charge in [0.05, 0.1) is 11.6 Å². The van der Waals surface area contributed by atoms with Gasteiger partial charge in [-0.25, -0.2) is 14.6 Å². The Morgan fingerprint density at radius 1 is 1.27 bits per heavy atom. The monoisotopic (exact) mass is 424 g/mol. The van der Waals surface area contributed by atoms with E-state index in [1.165, 1.54) is 11.1 Å². The average molecular weight is 425 g/mol. The van der Waals surface area contributed by atoms with E-state index in [1.807, 2.05) is 16.8 Å². The Morgan fingerprint density at radius 2 is 2.17 bits per heavy atom. The zero-order chi connectivity index (χ0) is 20.8. The molecule has 2 aromatic heterocycles. The summed E-state index contributed by atoms with van der Waals surface area (Å²) in [6.07, 6.45) is 6.05. The van der Waals surface area contributed by atoms with Crippen LogP contribution in [0.1, 0.15) is 17.5 Å². The van der Waals surface area contributed by atoms with Gasteiger partial charge in [-0.1, -0.05) is 35.9 Å². The molecule has 1 atom stereocenters. The van der Waals surface area contributed by atoms with E-state index in [2.05, 4.69) is 59.9 Å². The van der Waals surface area contributed by atoms with Crippen LogP contribution in [-0.4, -0.2) is 51.9 Å². The third kappa shape index (κ3) is 5.07. The molecule has 1 saturated heterocycles. The maximum absolute atomic E-state index is 6.29. The molecule has 0 aliphatic carbocycles. The fourth-order valence-corrected chi connectivity index (χ4v) is 3.83. The lowest BCUT2D eigenvalue weighted by Gasteiger charge is -2.20. The summed E-state index contributed by atoms with van der Waals surface area (Å²) in [6, 6.07) is 12.4. The summed E-state index contributed by atoms with van der Waals surface area (Å²) in [5.74, 6) is 1.63. The molecule has 1 fully saturated rings. The lowest BCUT2D eigenvalue weighted by Crippen LogP contribution is -2.44. The SMILES string of the molecule is CN=C(NCc1cccc(Cn2cncn2)c1)NC1CCN(c2ncccc2Cl)C1. The second-order valence-corrected chi connectivity index (χ2v) is 7.63. The number of hydrogen-bond donors (Lipinski definition) is 2. The van der Waals surface area contributed by atoms with E-state index in [4.69, 9.17) is 11.6 Å². The first-order chi connectivity index (χ1) is 14.7.